The number of ketones is 1. The summed E-state index contributed by atoms with van der Waals surface area (Å²) in [6.07, 6.45) is 3.24. The van der Waals surface area contributed by atoms with Crippen molar-refractivity contribution < 1.29 is 21.5 Å². The number of nitrogens with zero attached hydrogens (tertiary/aromatic N) is 1. The molecule has 1 aliphatic carbocycles. The fourth-order valence-corrected chi connectivity index (χ4v) is 4.30. The predicted molar refractivity (Wildman–Crippen MR) is 105 cm³/mol. The van der Waals surface area contributed by atoms with Crippen LogP contribution in [0.3, 0.4) is 0 Å². The third kappa shape index (κ3) is 3.86. The lowest BCUT2D eigenvalue weighted by atomic mass is 9.85. The molecule has 1 heterocycles. The molecule has 142 valence electrons. The van der Waals surface area contributed by atoms with Gasteiger partial charge in [-0.3, -0.25) is 9.69 Å². The van der Waals surface area contributed by atoms with Gasteiger partial charge in [-0.2, -0.15) is 0 Å². The van der Waals surface area contributed by atoms with E-state index >= 15 is 0 Å². The number of Topliss-reactive ketones (excluding diaryl/α,β-unsaturated/α-hetero) is 1. The van der Waals surface area contributed by atoms with Gasteiger partial charge in [-0.05, 0) is 68.0 Å². The molecule has 4 rings (SSSR count). The molecule has 0 amide bonds. The van der Waals surface area contributed by atoms with E-state index in [0.717, 1.165) is 37.9 Å². The maximum atomic E-state index is 12.8. The van der Waals surface area contributed by atoms with Crippen molar-refractivity contribution in [3.63, 3.8) is 0 Å². The standard InChI is InChI=1S/C23H27NO3/c1-27-22-13-18-12-19(23(26)20(18)14-21(22)25)11-16-7-9-24(10-8-16)15-17-5-3-2-4-6-17/h2-6,13-14,16,19,25H,7-12,15H2,1H3/i2D,3D,4D,5D,6D. The van der Waals surface area contributed by atoms with Crippen molar-refractivity contribution in [3.05, 3.63) is 59.0 Å². The third-order valence-corrected chi connectivity index (χ3v) is 5.77. The second-order valence-corrected chi connectivity index (χ2v) is 7.51. The van der Waals surface area contributed by atoms with Gasteiger partial charge in [-0.25, -0.2) is 0 Å². The Balaban J connectivity index is 1.37. The predicted octanol–water partition coefficient (Wildman–Crippen LogP) is 4.06. The summed E-state index contributed by atoms with van der Waals surface area (Å²) >= 11 is 0. The molecule has 0 spiro atoms. The molecule has 0 radical (unpaired) electrons. The summed E-state index contributed by atoms with van der Waals surface area (Å²) in [5, 5.41) is 10.00. The first-order valence-electron chi connectivity index (χ1n) is 11.9. The monoisotopic (exact) mass is 370 g/mol. The Morgan fingerprint density at radius 2 is 1.96 bits per heavy atom. The Kier molecular flexibility index (Phi) is 3.71. The number of aromatic hydroxyl groups is 1. The zero-order valence-electron chi connectivity index (χ0n) is 20.5. The van der Waals surface area contributed by atoms with Gasteiger partial charge in [-0.1, -0.05) is 30.2 Å². The van der Waals surface area contributed by atoms with E-state index in [0.29, 0.717) is 35.8 Å². The van der Waals surface area contributed by atoms with Crippen LogP contribution in [0.5, 0.6) is 11.5 Å². The van der Waals surface area contributed by atoms with Crippen molar-refractivity contribution in [1.29, 1.82) is 0 Å². The molecule has 4 nitrogen and oxygen atoms in total. The smallest absolute Gasteiger partial charge is 0.166 e. The molecule has 1 N–H and O–H groups in total. The number of phenols is 1. The lowest BCUT2D eigenvalue weighted by molar-refractivity contribution is 0.0895. The van der Waals surface area contributed by atoms with Crippen LogP contribution in [0, 0.1) is 11.8 Å². The van der Waals surface area contributed by atoms with Crippen LogP contribution in [0.2, 0.25) is 0 Å². The number of piperidine rings is 1. The minimum Gasteiger partial charge on any atom is -0.504 e. The molecule has 2 aromatic rings. The van der Waals surface area contributed by atoms with Gasteiger partial charge in [0.25, 0.3) is 0 Å². The van der Waals surface area contributed by atoms with Crippen LogP contribution in [0.4, 0.5) is 0 Å². The first-order chi connectivity index (χ1) is 15.2. The number of carbonyl (C=O) groups is 1. The Labute approximate surface area is 167 Å². The quantitative estimate of drug-likeness (QED) is 0.862. The van der Waals surface area contributed by atoms with Crippen molar-refractivity contribution in [3.8, 4) is 11.5 Å². The number of carbonyl (C=O) groups excluding carboxylic acids is 1. The number of methoxy groups -OCH3 is 1. The van der Waals surface area contributed by atoms with E-state index in [4.69, 9.17) is 11.6 Å². The first kappa shape index (κ1) is 12.9. The summed E-state index contributed by atoms with van der Waals surface area (Å²) in [6.45, 7) is 1.85. The molecular formula is C23H27NO3. The second kappa shape index (κ2) is 7.73. The Morgan fingerprint density at radius 1 is 1.22 bits per heavy atom. The Hall–Kier alpha value is -2.33. The molecule has 1 saturated heterocycles. The second-order valence-electron chi connectivity index (χ2n) is 7.51. The zero-order chi connectivity index (χ0) is 23.2. The fraction of sp³-hybridized carbons (Fsp3) is 0.435. The lowest BCUT2D eigenvalue weighted by Crippen LogP contribution is -2.34. The molecule has 0 aromatic heterocycles. The van der Waals surface area contributed by atoms with E-state index in [1.165, 1.54) is 13.2 Å². The number of likely N-dealkylation sites (tertiary alicyclic amines) is 1. The number of hydrogen-bond donors (Lipinski definition) is 1. The summed E-state index contributed by atoms with van der Waals surface area (Å²) < 4.78 is 44.8. The molecule has 0 saturated carbocycles. The van der Waals surface area contributed by atoms with E-state index in [-0.39, 0.29) is 47.7 Å². The number of ether oxygens (including phenoxy) is 1. The van der Waals surface area contributed by atoms with Crippen molar-refractivity contribution in [2.45, 2.75) is 32.2 Å². The van der Waals surface area contributed by atoms with Crippen LogP contribution in [-0.2, 0) is 13.0 Å². The number of hydrogen-bond acceptors (Lipinski definition) is 4. The van der Waals surface area contributed by atoms with Gasteiger partial charge in [-0.15, -0.1) is 0 Å². The van der Waals surface area contributed by atoms with E-state index in [9.17, 15) is 9.90 Å². The minimum atomic E-state index is -0.365. The van der Waals surface area contributed by atoms with Crippen LogP contribution in [0.15, 0.2) is 42.3 Å². The van der Waals surface area contributed by atoms with E-state index < -0.39 is 0 Å². The SMILES string of the molecule is [2H]c1c([2H])c([2H])c(CN2CCC(CC3Cc4cc(OC)c(O)cc4C3=O)CC2)c([2H])c1[2H]. The van der Waals surface area contributed by atoms with Gasteiger partial charge in [0.15, 0.2) is 17.3 Å². The topological polar surface area (TPSA) is 49.8 Å². The Bertz CT molecular complexity index is 1040. The Morgan fingerprint density at radius 3 is 2.67 bits per heavy atom. The van der Waals surface area contributed by atoms with Crippen molar-refractivity contribution in [1.82, 2.24) is 4.90 Å². The van der Waals surface area contributed by atoms with Gasteiger partial charge in [0.1, 0.15) is 0 Å². The van der Waals surface area contributed by atoms with Gasteiger partial charge >= 0.3 is 0 Å². The molecule has 1 aliphatic heterocycles. The highest BCUT2D eigenvalue weighted by molar-refractivity contribution is 6.02. The maximum Gasteiger partial charge on any atom is 0.166 e. The van der Waals surface area contributed by atoms with Crippen molar-refractivity contribution >= 4 is 5.78 Å². The van der Waals surface area contributed by atoms with Crippen LogP contribution >= 0.6 is 0 Å². The molecular weight excluding hydrogens is 338 g/mol. The highest BCUT2D eigenvalue weighted by Gasteiger charge is 2.34. The highest BCUT2D eigenvalue weighted by atomic mass is 16.5. The highest BCUT2D eigenvalue weighted by Crippen LogP contribution is 2.39. The number of benzene rings is 2. The van der Waals surface area contributed by atoms with Crippen LogP contribution < -0.4 is 4.74 Å². The average Bonchev–Trinajstić information content (AvgIpc) is 3.08. The van der Waals surface area contributed by atoms with Crippen molar-refractivity contribution in [2.24, 2.45) is 11.8 Å². The molecule has 1 fully saturated rings. The van der Waals surface area contributed by atoms with Crippen molar-refractivity contribution in [2.75, 3.05) is 20.2 Å². The van der Waals surface area contributed by atoms with E-state index in [1.807, 2.05) is 0 Å². The van der Waals surface area contributed by atoms with Gasteiger partial charge in [0.05, 0.1) is 14.0 Å². The van der Waals surface area contributed by atoms with E-state index in [2.05, 4.69) is 4.90 Å². The summed E-state index contributed by atoms with van der Waals surface area (Å²) in [7, 11) is 1.49. The maximum absolute atomic E-state index is 12.8. The summed E-state index contributed by atoms with van der Waals surface area (Å²) in [4.78, 5) is 15.0. The normalized spacial score (nSPS) is 23.2. The molecule has 27 heavy (non-hydrogen) atoms. The summed E-state index contributed by atoms with van der Waals surface area (Å²) in [6, 6.07) is 2.05. The molecule has 1 atom stereocenters. The molecule has 4 heteroatoms. The number of rotatable bonds is 5. The lowest BCUT2D eigenvalue weighted by Gasteiger charge is -2.32. The first-order valence-corrected chi connectivity index (χ1v) is 9.43. The summed E-state index contributed by atoms with van der Waals surface area (Å²) in [5.41, 5.74) is 1.85. The van der Waals surface area contributed by atoms with Crippen LogP contribution in [-0.4, -0.2) is 36.0 Å². The molecule has 2 aromatic carbocycles. The summed E-state index contributed by atoms with van der Waals surface area (Å²) in [5.74, 6) is 0.762. The van der Waals surface area contributed by atoms with Crippen LogP contribution in [0.25, 0.3) is 0 Å². The number of phenolic OH excluding ortho intramolecular Hbond substituents is 1. The number of fused-ring (bicyclic) bond motifs is 1. The largest absolute Gasteiger partial charge is 0.504 e. The molecule has 2 aliphatic rings. The van der Waals surface area contributed by atoms with E-state index in [1.54, 1.807) is 6.07 Å². The fourth-order valence-electron chi connectivity index (χ4n) is 4.30. The van der Waals surface area contributed by atoms with Gasteiger partial charge in [0, 0.05) is 18.0 Å². The van der Waals surface area contributed by atoms with Crippen LogP contribution in [0.1, 0.15) is 47.6 Å². The van der Waals surface area contributed by atoms with Gasteiger partial charge in [0.2, 0.25) is 0 Å². The molecule has 1 unspecified atom stereocenters. The zero-order valence-corrected chi connectivity index (χ0v) is 15.5. The van der Waals surface area contributed by atoms with Gasteiger partial charge < -0.3 is 9.84 Å². The minimum absolute atomic E-state index is 0.0128. The third-order valence-electron chi connectivity index (χ3n) is 5.77. The average molecular weight is 371 g/mol. The molecule has 0 bridgehead atoms.